The number of piperazine rings is 1. The second-order valence-electron chi connectivity index (χ2n) is 24.4. The van der Waals surface area contributed by atoms with Crippen molar-refractivity contribution in [2.45, 2.75) is 62.4 Å². The summed E-state index contributed by atoms with van der Waals surface area (Å²) >= 11 is 6.37. The molecule has 0 radical (unpaired) electrons. The summed E-state index contributed by atoms with van der Waals surface area (Å²) in [5.74, 6) is -1.71. The molecule has 0 aliphatic carbocycles. The van der Waals surface area contributed by atoms with E-state index in [1.54, 1.807) is 36.5 Å². The number of amides is 6. The third-order valence-electron chi connectivity index (χ3n) is 18.1. The smallest absolute Gasteiger partial charge is 0.293 e. The Morgan fingerprint density at radius 1 is 0.763 bits per heavy atom. The number of carbonyl (C=O) groups excluding carboxylic acids is 6. The third kappa shape index (κ3) is 16.2. The van der Waals surface area contributed by atoms with Crippen molar-refractivity contribution in [2.24, 2.45) is 11.8 Å². The Balaban J connectivity index is 0.622. The van der Waals surface area contributed by atoms with Crippen LogP contribution in [0.25, 0.3) is 22.2 Å². The van der Waals surface area contributed by atoms with E-state index in [1.165, 1.54) is 30.5 Å². The lowest BCUT2D eigenvalue weighted by atomic mass is 9.96. The second-order valence-corrected chi connectivity index (χ2v) is 26.6. The van der Waals surface area contributed by atoms with Crippen molar-refractivity contribution >= 4 is 90.9 Å². The van der Waals surface area contributed by atoms with Crippen molar-refractivity contribution in [3.63, 3.8) is 0 Å². The molecule has 4 fully saturated rings. The number of ether oxygens (including phenoxy) is 5. The zero-order chi connectivity index (χ0) is 67.6. The SMILES string of the molecule is O=C1CCC(N2C(=O)c3cccc(NCCOCCOCCC(=O)N4CCC(COc5cccc(-c6ccc(Cl)cc6)c5CN5CCN(c6ccc(C(=O)NS(=O)(=O)c7ccc(NCC8CCOCC8)c([N+](=O)[O-])c7)c(Oc7cnc8[nH]ccc8c7)c6)CC5)CC4)c3C2=O)C(=O)N1. The van der Waals surface area contributed by atoms with Crippen molar-refractivity contribution in [3.8, 4) is 28.4 Å². The standard InChI is InChI=1S/C69H74ClN11O15S/c70-48-9-7-46(8-10-48)52-3-2-6-60(95-43-45-18-25-79(26-19-45)63(83)22-33-93-35-36-94-34-24-71-57-5-1-4-54-64(57)69(87)80(68(54)86)58-15-16-62(82)75-67(58)85)55(52)42-77-27-29-78(30-28-77)49-11-13-53(61(38-49)96-50-37-47-17-23-72-65(47)74-41-50)66(84)76-97(90,91)51-12-14-56(59(39-51)81(88)89)73-40-44-20-31-92-32-21-44/h1-14,17,23,37-39,41,44-45,58,71,73H,15-16,18-22,24-36,40,42-43H2,(H,72,74)(H,76,84)(H,75,82,85). The number of nitro benzene ring substituents is 1. The minimum absolute atomic E-state index is 0.0115. The molecule has 7 aromatic rings. The molecule has 5 aliphatic rings. The molecule has 28 heteroatoms. The van der Waals surface area contributed by atoms with Crippen LogP contribution < -0.4 is 35.0 Å². The maximum absolute atomic E-state index is 14.2. The predicted molar refractivity (Wildman–Crippen MR) is 359 cm³/mol. The van der Waals surface area contributed by atoms with Gasteiger partial charge in [0.25, 0.3) is 33.4 Å². The summed E-state index contributed by atoms with van der Waals surface area (Å²) < 4.78 is 59.9. The van der Waals surface area contributed by atoms with Gasteiger partial charge in [-0.1, -0.05) is 41.9 Å². The van der Waals surface area contributed by atoms with Crippen LogP contribution in [0.15, 0.2) is 126 Å². The molecule has 0 spiro atoms. The van der Waals surface area contributed by atoms with Gasteiger partial charge in [-0.15, -0.1) is 0 Å². The van der Waals surface area contributed by atoms with Crippen LogP contribution in [0.3, 0.4) is 0 Å². The van der Waals surface area contributed by atoms with E-state index in [4.69, 9.17) is 35.3 Å². The maximum atomic E-state index is 14.2. The Morgan fingerprint density at radius 3 is 2.30 bits per heavy atom. The molecule has 508 valence electrons. The fraction of sp³-hybridized carbons (Fsp3) is 0.377. The fourth-order valence-electron chi connectivity index (χ4n) is 12.8. The Labute approximate surface area is 564 Å². The van der Waals surface area contributed by atoms with Gasteiger partial charge in [0.1, 0.15) is 34.6 Å². The molecule has 2 aromatic heterocycles. The molecule has 0 saturated carbocycles. The van der Waals surface area contributed by atoms with E-state index < -0.39 is 61.1 Å². The van der Waals surface area contributed by atoms with E-state index in [0.29, 0.717) is 101 Å². The molecular formula is C69H74ClN11O15S. The first-order valence-corrected chi connectivity index (χ1v) is 34.3. The quantitative estimate of drug-likeness (QED) is 0.0140. The summed E-state index contributed by atoms with van der Waals surface area (Å²) in [6.07, 6.45) is 6.68. The number of hydrogen-bond donors (Lipinski definition) is 5. The number of aromatic amines is 1. The maximum Gasteiger partial charge on any atom is 0.293 e. The molecule has 5 aliphatic heterocycles. The molecule has 97 heavy (non-hydrogen) atoms. The number of carbonyl (C=O) groups is 6. The number of halogens is 1. The van der Waals surface area contributed by atoms with Crippen LogP contribution in [0.1, 0.15) is 81.6 Å². The number of nitro groups is 1. The van der Waals surface area contributed by atoms with Gasteiger partial charge in [-0.3, -0.25) is 54.0 Å². The lowest BCUT2D eigenvalue weighted by molar-refractivity contribution is -0.384. The van der Waals surface area contributed by atoms with Crippen LogP contribution in [-0.2, 0) is 45.2 Å². The fourth-order valence-corrected chi connectivity index (χ4v) is 13.9. The van der Waals surface area contributed by atoms with Crippen LogP contribution in [0.2, 0.25) is 5.02 Å². The normalized spacial score (nSPS) is 17.3. The molecule has 0 bridgehead atoms. The van der Waals surface area contributed by atoms with Gasteiger partial charge in [-0.2, -0.15) is 0 Å². The molecule has 1 atom stereocenters. The van der Waals surface area contributed by atoms with E-state index in [0.717, 1.165) is 70.2 Å². The number of benzene rings is 5. The number of imide groups is 2. The molecule has 12 rings (SSSR count). The number of H-pyrrole nitrogens is 1. The molecule has 26 nitrogen and oxygen atoms in total. The summed E-state index contributed by atoms with van der Waals surface area (Å²) in [4.78, 5) is 104. The minimum atomic E-state index is -4.64. The number of pyridine rings is 1. The van der Waals surface area contributed by atoms with E-state index >= 15 is 0 Å². The summed E-state index contributed by atoms with van der Waals surface area (Å²) in [5.41, 5.74) is 4.76. The first kappa shape index (κ1) is 67.5. The molecule has 6 amide bonds. The number of nitrogens with one attached hydrogen (secondary N) is 5. The molecule has 4 saturated heterocycles. The zero-order valence-electron chi connectivity index (χ0n) is 53.1. The van der Waals surface area contributed by atoms with Crippen LogP contribution in [-0.4, -0.2) is 178 Å². The van der Waals surface area contributed by atoms with Gasteiger partial charge in [0.15, 0.2) is 0 Å². The van der Waals surface area contributed by atoms with E-state index in [9.17, 15) is 47.3 Å². The minimum Gasteiger partial charge on any atom is -0.493 e. The van der Waals surface area contributed by atoms with E-state index in [2.05, 4.69) is 46.5 Å². The Hall–Kier alpha value is -9.51. The van der Waals surface area contributed by atoms with Crippen LogP contribution in [0, 0.1) is 22.0 Å². The van der Waals surface area contributed by atoms with Gasteiger partial charge in [-0.25, -0.2) is 18.1 Å². The first-order chi connectivity index (χ1) is 47.0. The van der Waals surface area contributed by atoms with Crippen molar-refractivity contribution in [3.05, 3.63) is 159 Å². The number of anilines is 3. The monoisotopic (exact) mass is 1360 g/mol. The average molecular weight is 1360 g/mol. The number of hydrogen-bond acceptors (Lipinski definition) is 20. The Bertz CT molecular complexity index is 4210. The zero-order valence-corrected chi connectivity index (χ0v) is 54.7. The highest BCUT2D eigenvalue weighted by molar-refractivity contribution is 7.90. The highest BCUT2D eigenvalue weighted by atomic mass is 35.5. The third-order valence-corrected chi connectivity index (χ3v) is 19.7. The van der Waals surface area contributed by atoms with Gasteiger partial charge in [-0.05, 0) is 122 Å². The number of piperidine rings is 2. The number of aromatic nitrogens is 2. The molecular weight excluding hydrogens is 1290 g/mol. The Kier molecular flexibility index (Phi) is 21.4. The number of rotatable bonds is 27. The second kappa shape index (κ2) is 30.7. The number of likely N-dealkylation sites (tertiary alicyclic amines) is 1. The molecule has 5 N–H and O–H groups in total. The largest absolute Gasteiger partial charge is 0.493 e. The van der Waals surface area contributed by atoms with Gasteiger partial charge in [0, 0.05) is 124 Å². The molecule has 7 heterocycles. The summed E-state index contributed by atoms with van der Waals surface area (Å²) in [7, 11) is -4.64. The van der Waals surface area contributed by atoms with Crippen LogP contribution >= 0.6 is 11.6 Å². The van der Waals surface area contributed by atoms with Crippen molar-refractivity contribution in [1.82, 2.24) is 34.7 Å². The number of sulfonamides is 1. The van der Waals surface area contributed by atoms with Gasteiger partial charge >= 0.3 is 0 Å². The summed E-state index contributed by atoms with van der Waals surface area (Å²) in [6.45, 7) is 7.67. The topological polar surface area (TPSA) is 316 Å². The van der Waals surface area contributed by atoms with Crippen LogP contribution in [0.5, 0.6) is 17.2 Å². The first-order valence-electron chi connectivity index (χ1n) is 32.5. The summed E-state index contributed by atoms with van der Waals surface area (Å²) in [5, 5.41) is 22.1. The number of nitrogens with zero attached hydrogens (tertiary/aromatic N) is 6. The van der Waals surface area contributed by atoms with Gasteiger partial charge in [0.2, 0.25) is 17.7 Å². The average Bonchev–Trinajstić information content (AvgIpc) is 1.68. The Morgan fingerprint density at radius 2 is 1.53 bits per heavy atom. The van der Waals surface area contributed by atoms with Crippen molar-refractivity contribution in [2.75, 3.05) is 114 Å². The van der Waals surface area contributed by atoms with Gasteiger partial charge < -0.3 is 49.1 Å². The predicted octanol–water partition coefficient (Wildman–Crippen LogP) is 8.42. The lowest BCUT2D eigenvalue weighted by Gasteiger charge is -2.37. The highest BCUT2D eigenvalue weighted by Crippen LogP contribution is 2.38. The van der Waals surface area contributed by atoms with Crippen molar-refractivity contribution in [1.29, 1.82) is 0 Å². The highest BCUT2D eigenvalue weighted by Gasteiger charge is 2.46. The van der Waals surface area contributed by atoms with Crippen LogP contribution in [0.4, 0.5) is 22.7 Å². The number of fused-ring (bicyclic) bond motifs is 2. The lowest BCUT2D eigenvalue weighted by Crippen LogP contribution is -2.54. The summed E-state index contributed by atoms with van der Waals surface area (Å²) in [6, 6.07) is 29.6. The van der Waals surface area contributed by atoms with Crippen molar-refractivity contribution < 1.29 is 65.8 Å². The van der Waals surface area contributed by atoms with Gasteiger partial charge in [0.05, 0.1) is 72.2 Å². The van der Waals surface area contributed by atoms with E-state index in [-0.39, 0.29) is 91.6 Å². The van der Waals surface area contributed by atoms with E-state index in [1.807, 2.05) is 47.4 Å². The molecule has 1 unspecified atom stereocenters. The molecule has 5 aromatic carbocycles.